The number of ether oxygens (including phenoxy) is 4. The van der Waals surface area contributed by atoms with Gasteiger partial charge in [0.25, 0.3) is 0 Å². The standard InChI is InChI=1S/C14H25NO6/c1-8(17)15-9(6-16)11-12(21-14(4,5)20-11)10-7-18-13(2,3)19-10/h9-12,16H,6-7H2,1-5H3,(H,15,17)/t9-,10-,11-,12-/m1/s1. The van der Waals surface area contributed by atoms with Gasteiger partial charge in [-0.3, -0.25) is 4.79 Å². The molecule has 7 nitrogen and oxygen atoms in total. The second-order valence-corrected chi connectivity index (χ2v) is 6.42. The summed E-state index contributed by atoms with van der Waals surface area (Å²) in [6.45, 7) is 8.80. The van der Waals surface area contributed by atoms with E-state index in [-0.39, 0.29) is 18.6 Å². The van der Waals surface area contributed by atoms with Gasteiger partial charge in [-0.2, -0.15) is 0 Å². The molecule has 0 saturated carbocycles. The van der Waals surface area contributed by atoms with Gasteiger partial charge in [-0.15, -0.1) is 0 Å². The van der Waals surface area contributed by atoms with Gasteiger partial charge in [-0.25, -0.2) is 0 Å². The first-order valence-corrected chi connectivity index (χ1v) is 7.19. The van der Waals surface area contributed by atoms with E-state index in [1.807, 2.05) is 13.8 Å². The Morgan fingerprint density at radius 3 is 2.38 bits per heavy atom. The summed E-state index contributed by atoms with van der Waals surface area (Å²) < 4.78 is 23.2. The van der Waals surface area contributed by atoms with E-state index in [2.05, 4.69) is 5.32 Å². The smallest absolute Gasteiger partial charge is 0.217 e. The minimum atomic E-state index is -0.808. The zero-order valence-corrected chi connectivity index (χ0v) is 13.2. The molecule has 0 spiro atoms. The first-order chi connectivity index (χ1) is 9.63. The van der Waals surface area contributed by atoms with Gasteiger partial charge < -0.3 is 29.4 Å². The maximum absolute atomic E-state index is 11.3. The fourth-order valence-electron chi connectivity index (χ4n) is 2.79. The van der Waals surface area contributed by atoms with Gasteiger partial charge in [-0.1, -0.05) is 0 Å². The van der Waals surface area contributed by atoms with Gasteiger partial charge in [0.1, 0.15) is 18.3 Å². The lowest BCUT2D eigenvalue weighted by molar-refractivity contribution is -0.175. The number of carbonyl (C=O) groups is 1. The Bertz CT molecular complexity index is 397. The van der Waals surface area contributed by atoms with Crippen LogP contribution in [0.4, 0.5) is 0 Å². The van der Waals surface area contributed by atoms with Crippen LogP contribution in [-0.4, -0.2) is 60.2 Å². The number of nitrogens with one attached hydrogen (secondary N) is 1. The lowest BCUT2D eigenvalue weighted by Gasteiger charge is -2.28. The molecule has 0 aromatic rings. The third-order valence-electron chi connectivity index (χ3n) is 3.54. The number of aliphatic hydroxyl groups excluding tert-OH is 1. The normalized spacial score (nSPS) is 35.6. The van der Waals surface area contributed by atoms with E-state index in [0.29, 0.717) is 6.61 Å². The van der Waals surface area contributed by atoms with Crippen molar-refractivity contribution in [2.24, 2.45) is 0 Å². The highest BCUT2D eigenvalue weighted by Gasteiger charge is 2.52. The van der Waals surface area contributed by atoms with E-state index in [1.165, 1.54) is 6.92 Å². The van der Waals surface area contributed by atoms with Crippen LogP contribution in [0.25, 0.3) is 0 Å². The van der Waals surface area contributed by atoms with Crippen LogP contribution in [-0.2, 0) is 23.7 Å². The number of hydrogen-bond donors (Lipinski definition) is 2. The number of aliphatic hydroxyl groups is 1. The first-order valence-electron chi connectivity index (χ1n) is 7.19. The topological polar surface area (TPSA) is 86.3 Å². The summed E-state index contributed by atoms with van der Waals surface area (Å²) in [4.78, 5) is 11.3. The highest BCUT2D eigenvalue weighted by Crippen LogP contribution is 2.36. The Hall–Kier alpha value is -0.730. The van der Waals surface area contributed by atoms with Crippen molar-refractivity contribution < 1.29 is 28.8 Å². The molecular weight excluding hydrogens is 278 g/mol. The summed E-state index contributed by atoms with van der Waals surface area (Å²) in [5, 5.41) is 12.2. The van der Waals surface area contributed by atoms with Crippen molar-refractivity contribution in [3.8, 4) is 0 Å². The van der Waals surface area contributed by atoms with Gasteiger partial charge in [0, 0.05) is 6.92 Å². The van der Waals surface area contributed by atoms with Gasteiger partial charge >= 0.3 is 0 Å². The lowest BCUT2D eigenvalue weighted by atomic mass is 10.0. The highest BCUT2D eigenvalue weighted by molar-refractivity contribution is 5.73. The van der Waals surface area contributed by atoms with Crippen LogP contribution in [0.3, 0.4) is 0 Å². The molecule has 0 aromatic carbocycles. The Balaban J connectivity index is 2.15. The predicted octanol–water partition coefficient (Wildman–Crippen LogP) is 0.155. The molecule has 2 rings (SSSR count). The molecule has 0 aliphatic carbocycles. The number of hydrogen-bond acceptors (Lipinski definition) is 6. The Morgan fingerprint density at radius 1 is 1.24 bits per heavy atom. The zero-order chi connectivity index (χ0) is 15.8. The molecule has 2 fully saturated rings. The minimum Gasteiger partial charge on any atom is -0.394 e. The summed E-state index contributed by atoms with van der Waals surface area (Å²) in [5.41, 5.74) is 0. The van der Waals surface area contributed by atoms with Crippen molar-refractivity contribution in [2.45, 2.75) is 70.5 Å². The molecule has 21 heavy (non-hydrogen) atoms. The molecule has 2 aliphatic heterocycles. The Morgan fingerprint density at radius 2 is 1.90 bits per heavy atom. The Labute approximate surface area is 124 Å². The van der Waals surface area contributed by atoms with E-state index in [0.717, 1.165) is 0 Å². The van der Waals surface area contributed by atoms with E-state index < -0.39 is 29.8 Å². The largest absolute Gasteiger partial charge is 0.394 e. The van der Waals surface area contributed by atoms with Crippen molar-refractivity contribution in [3.63, 3.8) is 0 Å². The monoisotopic (exact) mass is 303 g/mol. The maximum Gasteiger partial charge on any atom is 0.217 e. The summed E-state index contributed by atoms with van der Waals surface area (Å²) in [5.74, 6) is -1.71. The van der Waals surface area contributed by atoms with Crippen LogP contribution in [0.2, 0.25) is 0 Å². The van der Waals surface area contributed by atoms with Gasteiger partial charge in [0.15, 0.2) is 11.6 Å². The van der Waals surface area contributed by atoms with E-state index >= 15 is 0 Å². The van der Waals surface area contributed by atoms with Crippen molar-refractivity contribution in [1.82, 2.24) is 5.32 Å². The Kier molecular flexibility index (Phi) is 4.60. The van der Waals surface area contributed by atoms with Crippen LogP contribution in [0.5, 0.6) is 0 Å². The molecule has 2 saturated heterocycles. The molecule has 0 radical (unpaired) electrons. The minimum absolute atomic E-state index is 0.231. The number of rotatable bonds is 4. The number of amides is 1. The first kappa shape index (κ1) is 16.6. The van der Waals surface area contributed by atoms with E-state index in [1.54, 1.807) is 13.8 Å². The summed E-state index contributed by atoms with van der Waals surface area (Å²) >= 11 is 0. The van der Waals surface area contributed by atoms with Crippen molar-refractivity contribution >= 4 is 5.91 Å². The van der Waals surface area contributed by atoms with Gasteiger partial charge in [-0.05, 0) is 27.7 Å². The van der Waals surface area contributed by atoms with Crippen LogP contribution in [0.15, 0.2) is 0 Å². The number of carbonyl (C=O) groups excluding carboxylic acids is 1. The average molecular weight is 303 g/mol. The average Bonchev–Trinajstić information content (AvgIpc) is 2.85. The van der Waals surface area contributed by atoms with Crippen LogP contribution in [0.1, 0.15) is 34.6 Å². The molecule has 0 unspecified atom stereocenters. The van der Waals surface area contributed by atoms with Crippen LogP contribution >= 0.6 is 0 Å². The molecule has 0 aromatic heterocycles. The predicted molar refractivity (Wildman–Crippen MR) is 73.4 cm³/mol. The zero-order valence-electron chi connectivity index (χ0n) is 13.2. The quantitative estimate of drug-likeness (QED) is 0.769. The third-order valence-corrected chi connectivity index (χ3v) is 3.54. The van der Waals surface area contributed by atoms with Crippen LogP contribution in [0, 0.1) is 0 Å². The molecule has 0 bridgehead atoms. The maximum atomic E-state index is 11.3. The van der Waals surface area contributed by atoms with Crippen molar-refractivity contribution in [3.05, 3.63) is 0 Å². The highest BCUT2D eigenvalue weighted by atomic mass is 16.8. The van der Waals surface area contributed by atoms with E-state index in [4.69, 9.17) is 18.9 Å². The van der Waals surface area contributed by atoms with Gasteiger partial charge in [0.2, 0.25) is 5.91 Å². The molecule has 2 aliphatic rings. The fourth-order valence-corrected chi connectivity index (χ4v) is 2.79. The third kappa shape index (κ3) is 3.92. The SMILES string of the molecule is CC(=O)N[C@H](CO)[C@H]1OC(C)(C)O[C@@H]1[C@H]1COC(C)(C)O1. The molecule has 1 amide bonds. The van der Waals surface area contributed by atoms with Crippen molar-refractivity contribution in [1.29, 1.82) is 0 Å². The molecule has 122 valence electrons. The lowest BCUT2D eigenvalue weighted by Crippen LogP contribution is -2.52. The summed E-state index contributed by atoms with van der Waals surface area (Å²) in [6.07, 6.45) is -1.24. The molecule has 2 N–H and O–H groups in total. The molecular formula is C14H25NO6. The molecule has 7 heteroatoms. The van der Waals surface area contributed by atoms with Gasteiger partial charge in [0.05, 0.1) is 19.3 Å². The molecule has 4 atom stereocenters. The van der Waals surface area contributed by atoms with Crippen LogP contribution < -0.4 is 5.32 Å². The second kappa shape index (κ2) is 5.81. The fraction of sp³-hybridized carbons (Fsp3) is 0.929. The summed E-state index contributed by atoms with van der Waals surface area (Å²) in [7, 11) is 0. The molecule has 2 heterocycles. The van der Waals surface area contributed by atoms with Crippen molar-refractivity contribution in [2.75, 3.05) is 13.2 Å². The second-order valence-electron chi connectivity index (χ2n) is 6.42. The van der Waals surface area contributed by atoms with E-state index in [9.17, 15) is 9.90 Å². The summed E-state index contributed by atoms with van der Waals surface area (Å²) in [6, 6.07) is -0.554.